The SMILES string of the molecule is CCNC(=NCc1ncnn1C)NCCOc1ccc(C(C)(C)C)cc1. The van der Waals surface area contributed by atoms with Gasteiger partial charge in [-0.3, -0.25) is 4.68 Å². The van der Waals surface area contributed by atoms with Crippen molar-refractivity contribution < 1.29 is 4.74 Å². The van der Waals surface area contributed by atoms with Gasteiger partial charge in [-0.2, -0.15) is 5.10 Å². The van der Waals surface area contributed by atoms with Crippen molar-refractivity contribution in [2.45, 2.75) is 39.7 Å². The van der Waals surface area contributed by atoms with E-state index in [0.29, 0.717) is 19.7 Å². The molecule has 0 aliphatic rings. The van der Waals surface area contributed by atoms with Crippen LogP contribution in [0.3, 0.4) is 0 Å². The molecule has 0 aliphatic heterocycles. The topological polar surface area (TPSA) is 76.4 Å². The Bertz CT molecular complexity index is 700. The van der Waals surface area contributed by atoms with Crippen LogP contribution in [-0.4, -0.2) is 40.4 Å². The lowest BCUT2D eigenvalue weighted by Crippen LogP contribution is -2.39. The van der Waals surface area contributed by atoms with Gasteiger partial charge in [-0.05, 0) is 30.0 Å². The second-order valence-corrected chi connectivity index (χ2v) is 7.04. The van der Waals surface area contributed by atoms with Crippen molar-refractivity contribution in [3.63, 3.8) is 0 Å². The number of aliphatic imine (C=N–C) groups is 1. The molecular weight excluding hydrogens is 328 g/mol. The minimum Gasteiger partial charge on any atom is -0.492 e. The summed E-state index contributed by atoms with van der Waals surface area (Å²) in [6, 6.07) is 8.28. The molecule has 0 amide bonds. The molecule has 2 rings (SSSR count). The first kappa shape index (κ1) is 19.8. The Morgan fingerprint density at radius 2 is 1.92 bits per heavy atom. The number of hydrogen-bond donors (Lipinski definition) is 2. The molecule has 2 N–H and O–H groups in total. The fourth-order valence-electron chi connectivity index (χ4n) is 2.34. The van der Waals surface area contributed by atoms with E-state index in [2.05, 4.69) is 58.6 Å². The van der Waals surface area contributed by atoms with Gasteiger partial charge in [-0.15, -0.1) is 0 Å². The van der Waals surface area contributed by atoms with Crippen LogP contribution in [0.15, 0.2) is 35.6 Å². The Hall–Kier alpha value is -2.57. The fourth-order valence-corrected chi connectivity index (χ4v) is 2.34. The van der Waals surface area contributed by atoms with Crippen LogP contribution in [0.2, 0.25) is 0 Å². The van der Waals surface area contributed by atoms with E-state index in [4.69, 9.17) is 4.74 Å². The van der Waals surface area contributed by atoms with Gasteiger partial charge in [0.25, 0.3) is 0 Å². The molecule has 0 fully saturated rings. The molecule has 0 bridgehead atoms. The van der Waals surface area contributed by atoms with Gasteiger partial charge < -0.3 is 15.4 Å². The molecule has 0 aliphatic carbocycles. The Kier molecular flexibility index (Phi) is 7.00. The van der Waals surface area contributed by atoms with Crippen LogP contribution >= 0.6 is 0 Å². The molecule has 2 aromatic rings. The van der Waals surface area contributed by atoms with Crippen molar-refractivity contribution in [1.29, 1.82) is 0 Å². The molecule has 0 unspecified atom stereocenters. The number of benzene rings is 1. The number of guanidine groups is 1. The van der Waals surface area contributed by atoms with E-state index in [-0.39, 0.29) is 5.41 Å². The van der Waals surface area contributed by atoms with E-state index >= 15 is 0 Å². The second kappa shape index (κ2) is 9.22. The van der Waals surface area contributed by atoms with E-state index < -0.39 is 0 Å². The molecular formula is C19H30N6O. The molecule has 7 nitrogen and oxygen atoms in total. The van der Waals surface area contributed by atoms with E-state index in [0.717, 1.165) is 24.1 Å². The number of aryl methyl sites for hydroxylation is 1. The van der Waals surface area contributed by atoms with Crippen molar-refractivity contribution in [2.24, 2.45) is 12.0 Å². The number of hydrogen-bond acceptors (Lipinski definition) is 4. The zero-order valence-electron chi connectivity index (χ0n) is 16.4. The van der Waals surface area contributed by atoms with Crippen molar-refractivity contribution in [1.82, 2.24) is 25.4 Å². The fraction of sp³-hybridized carbons (Fsp3) is 0.526. The number of nitrogens with one attached hydrogen (secondary N) is 2. The smallest absolute Gasteiger partial charge is 0.191 e. The highest BCUT2D eigenvalue weighted by Crippen LogP contribution is 2.24. The molecule has 1 heterocycles. The van der Waals surface area contributed by atoms with Crippen molar-refractivity contribution in [3.8, 4) is 5.75 Å². The van der Waals surface area contributed by atoms with Gasteiger partial charge >= 0.3 is 0 Å². The summed E-state index contributed by atoms with van der Waals surface area (Å²) in [6.07, 6.45) is 1.53. The second-order valence-electron chi connectivity index (χ2n) is 7.04. The third-order valence-corrected chi connectivity index (χ3v) is 3.91. The summed E-state index contributed by atoms with van der Waals surface area (Å²) in [6.45, 7) is 11.1. The predicted molar refractivity (Wildman–Crippen MR) is 104 cm³/mol. The highest BCUT2D eigenvalue weighted by atomic mass is 16.5. The maximum atomic E-state index is 5.80. The molecule has 26 heavy (non-hydrogen) atoms. The van der Waals surface area contributed by atoms with E-state index in [1.165, 1.54) is 11.9 Å². The molecule has 1 aromatic carbocycles. The minimum absolute atomic E-state index is 0.153. The van der Waals surface area contributed by atoms with Crippen LogP contribution in [-0.2, 0) is 19.0 Å². The molecule has 142 valence electrons. The number of rotatable bonds is 7. The van der Waals surface area contributed by atoms with E-state index in [9.17, 15) is 0 Å². The molecule has 0 atom stereocenters. The summed E-state index contributed by atoms with van der Waals surface area (Å²) in [5, 5.41) is 10.5. The lowest BCUT2D eigenvalue weighted by molar-refractivity contribution is 0.321. The van der Waals surface area contributed by atoms with Crippen molar-refractivity contribution >= 4 is 5.96 Å². The summed E-state index contributed by atoms with van der Waals surface area (Å²) < 4.78 is 7.52. The summed E-state index contributed by atoms with van der Waals surface area (Å²) in [7, 11) is 1.86. The highest BCUT2D eigenvalue weighted by molar-refractivity contribution is 5.79. The van der Waals surface area contributed by atoms with E-state index in [1.807, 2.05) is 26.1 Å². The number of aromatic nitrogens is 3. The summed E-state index contributed by atoms with van der Waals surface area (Å²) in [5.41, 5.74) is 1.45. The average molecular weight is 358 g/mol. The van der Waals surface area contributed by atoms with Gasteiger partial charge in [0.2, 0.25) is 0 Å². The average Bonchev–Trinajstić information content (AvgIpc) is 3.01. The zero-order valence-corrected chi connectivity index (χ0v) is 16.4. The number of ether oxygens (including phenoxy) is 1. The Balaban J connectivity index is 1.79. The Labute approximate surface area is 155 Å². The largest absolute Gasteiger partial charge is 0.492 e. The maximum absolute atomic E-state index is 5.80. The molecule has 0 saturated heterocycles. The lowest BCUT2D eigenvalue weighted by Gasteiger charge is -2.19. The van der Waals surface area contributed by atoms with Gasteiger partial charge in [0.1, 0.15) is 31.1 Å². The van der Waals surface area contributed by atoms with Gasteiger partial charge in [-0.25, -0.2) is 9.98 Å². The predicted octanol–water partition coefficient (Wildman–Crippen LogP) is 2.25. The summed E-state index contributed by atoms with van der Waals surface area (Å²) in [5.74, 6) is 2.43. The lowest BCUT2D eigenvalue weighted by atomic mass is 9.87. The minimum atomic E-state index is 0.153. The summed E-state index contributed by atoms with van der Waals surface area (Å²) >= 11 is 0. The highest BCUT2D eigenvalue weighted by Gasteiger charge is 2.12. The van der Waals surface area contributed by atoms with Crippen LogP contribution in [0.4, 0.5) is 0 Å². The van der Waals surface area contributed by atoms with Gasteiger partial charge in [0, 0.05) is 13.6 Å². The Morgan fingerprint density at radius 1 is 1.19 bits per heavy atom. The first-order chi connectivity index (χ1) is 12.4. The monoisotopic (exact) mass is 358 g/mol. The van der Waals surface area contributed by atoms with Crippen molar-refractivity contribution in [2.75, 3.05) is 19.7 Å². The standard InChI is InChI=1S/C19H30N6O/c1-6-20-18(22-13-17-23-14-24-25(17)5)21-11-12-26-16-9-7-15(8-10-16)19(2,3)4/h7-10,14H,6,11-13H2,1-5H3,(H2,20,21,22). The zero-order chi connectivity index (χ0) is 19.0. The van der Waals surface area contributed by atoms with E-state index in [1.54, 1.807) is 4.68 Å². The molecule has 0 radical (unpaired) electrons. The van der Waals surface area contributed by atoms with Gasteiger partial charge in [0.05, 0.1) is 6.54 Å². The van der Waals surface area contributed by atoms with Gasteiger partial charge in [-0.1, -0.05) is 32.9 Å². The van der Waals surface area contributed by atoms with Crippen LogP contribution < -0.4 is 15.4 Å². The first-order valence-electron chi connectivity index (χ1n) is 8.98. The van der Waals surface area contributed by atoms with Crippen LogP contribution in [0, 0.1) is 0 Å². The molecule has 0 saturated carbocycles. The Morgan fingerprint density at radius 3 is 2.50 bits per heavy atom. The number of nitrogens with zero attached hydrogens (tertiary/aromatic N) is 4. The molecule has 0 spiro atoms. The van der Waals surface area contributed by atoms with Crippen LogP contribution in [0.1, 0.15) is 39.1 Å². The maximum Gasteiger partial charge on any atom is 0.191 e. The molecule has 7 heteroatoms. The first-order valence-corrected chi connectivity index (χ1v) is 8.98. The van der Waals surface area contributed by atoms with Crippen LogP contribution in [0.5, 0.6) is 5.75 Å². The molecule has 1 aromatic heterocycles. The normalized spacial score (nSPS) is 12.1. The third-order valence-electron chi connectivity index (χ3n) is 3.91. The van der Waals surface area contributed by atoms with Crippen LogP contribution in [0.25, 0.3) is 0 Å². The summed E-state index contributed by atoms with van der Waals surface area (Å²) in [4.78, 5) is 8.69. The van der Waals surface area contributed by atoms with Crippen molar-refractivity contribution in [3.05, 3.63) is 42.0 Å². The van der Waals surface area contributed by atoms with Gasteiger partial charge in [0.15, 0.2) is 5.96 Å². The quantitative estimate of drug-likeness (QED) is 0.451. The third kappa shape index (κ3) is 6.06.